The maximum Gasteiger partial charge on any atom is 0.234 e. The lowest BCUT2D eigenvalue weighted by atomic mass is 9.86. The van der Waals surface area contributed by atoms with E-state index in [1.54, 1.807) is 13.0 Å². The molecule has 1 fully saturated rings. The highest BCUT2D eigenvalue weighted by Crippen LogP contribution is 2.24. The Bertz CT molecular complexity index is 536. The molecule has 1 saturated carbocycles. The molecule has 2 atom stereocenters. The summed E-state index contributed by atoms with van der Waals surface area (Å²) in [5, 5.41) is 12.8. The monoisotopic (exact) mass is 322 g/mol. The van der Waals surface area contributed by atoms with Crippen molar-refractivity contribution in [3.8, 4) is 0 Å². The quantitative estimate of drug-likeness (QED) is 0.844. The molecule has 1 aromatic rings. The molecule has 2 rings (SSSR count). The highest BCUT2D eigenvalue weighted by atomic mass is 19.1. The van der Waals surface area contributed by atoms with E-state index in [0.717, 1.165) is 37.8 Å². The fourth-order valence-corrected chi connectivity index (χ4v) is 3.11. The molecule has 1 aliphatic carbocycles. The number of hydrogen-bond donors (Lipinski definition) is 2. The molecule has 0 spiro atoms. The molecule has 128 valence electrons. The van der Waals surface area contributed by atoms with Gasteiger partial charge in [-0.2, -0.15) is 0 Å². The number of benzene rings is 1. The van der Waals surface area contributed by atoms with Crippen LogP contribution in [0.25, 0.3) is 0 Å². The number of aliphatic hydroxyl groups is 1. The number of rotatable bonds is 6. The van der Waals surface area contributed by atoms with Gasteiger partial charge in [0.15, 0.2) is 0 Å². The first-order valence-electron chi connectivity index (χ1n) is 8.34. The Hall–Kier alpha value is -1.46. The van der Waals surface area contributed by atoms with Crippen LogP contribution in [0.15, 0.2) is 18.2 Å². The molecule has 0 radical (unpaired) electrons. The molecule has 2 unspecified atom stereocenters. The lowest BCUT2D eigenvalue weighted by Crippen LogP contribution is -2.40. The van der Waals surface area contributed by atoms with Crippen molar-refractivity contribution in [1.82, 2.24) is 10.2 Å². The minimum absolute atomic E-state index is 0.0845. The molecule has 4 nitrogen and oxygen atoms in total. The van der Waals surface area contributed by atoms with Crippen molar-refractivity contribution in [1.29, 1.82) is 0 Å². The van der Waals surface area contributed by atoms with Gasteiger partial charge < -0.3 is 10.4 Å². The van der Waals surface area contributed by atoms with E-state index >= 15 is 0 Å². The SMILES string of the molecule is Cc1ccc(CNC(=O)CN(C)CC2CCCCC2O)cc1F. The second-order valence-corrected chi connectivity index (χ2v) is 6.67. The molecule has 0 aromatic heterocycles. The van der Waals surface area contributed by atoms with Crippen LogP contribution in [-0.2, 0) is 11.3 Å². The number of nitrogens with one attached hydrogen (secondary N) is 1. The summed E-state index contributed by atoms with van der Waals surface area (Å²) in [4.78, 5) is 13.9. The normalized spacial score (nSPS) is 21.4. The summed E-state index contributed by atoms with van der Waals surface area (Å²) in [5.74, 6) is -0.0771. The number of carbonyl (C=O) groups excluding carboxylic acids is 1. The van der Waals surface area contributed by atoms with E-state index in [2.05, 4.69) is 5.32 Å². The maximum atomic E-state index is 13.5. The van der Waals surface area contributed by atoms with E-state index in [4.69, 9.17) is 0 Å². The second kappa shape index (κ2) is 8.41. The van der Waals surface area contributed by atoms with Crippen molar-refractivity contribution >= 4 is 5.91 Å². The minimum atomic E-state index is -0.250. The van der Waals surface area contributed by atoms with Crippen LogP contribution < -0.4 is 5.32 Å². The van der Waals surface area contributed by atoms with Crippen LogP contribution in [0.2, 0.25) is 0 Å². The van der Waals surface area contributed by atoms with Crippen LogP contribution in [0.1, 0.15) is 36.8 Å². The molecule has 23 heavy (non-hydrogen) atoms. The van der Waals surface area contributed by atoms with Crippen LogP contribution in [-0.4, -0.2) is 42.2 Å². The Kier molecular flexibility index (Phi) is 6.54. The third kappa shape index (κ3) is 5.59. The first-order valence-corrected chi connectivity index (χ1v) is 8.34. The second-order valence-electron chi connectivity index (χ2n) is 6.67. The summed E-state index contributed by atoms with van der Waals surface area (Å²) in [5.41, 5.74) is 1.36. The van der Waals surface area contributed by atoms with E-state index < -0.39 is 0 Å². The summed E-state index contributed by atoms with van der Waals surface area (Å²) < 4.78 is 13.5. The zero-order valence-electron chi connectivity index (χ0n) is 14.0. The molecule has 0 bridgehead atoms. The van der Waals surface area contributed by atoms with Gasteiger partial charge in [0.2, 0.25) is 5.91 Å². The van der Waals surface area contributed by atoms with Crippen LogP contribution in [0.3, 0.4) is 0 Å². The van der Waals surface area contributed by atoms with E-state index in [1.807, 2.05) is 18.0 Å². The van der Waals surface area contributed by atoms with E-state index in [0.29, 0.717) is 12.1 Å². The Morgan fingerprint density at radius 3 is 2.83 bits per heavy atom. The lowest BCUT2D eigenvalue weighted by molar-refractivity contribution is -0.122. The van der Waals surface area contributed by atoms with Gasteiger partial charge in [0, 0.05) is 13.1 Å². The predicted molar refractivity (Wildman–Crippen MR) is 88.4 cm³/mol. The maximum absolute atomic E-state index is 13.5. The summed E-state index contributed by atoms with van der Waals surface area (Å²) in [7, 11) is 1.90. The summed E-state index contributed by atoms with van der Waals surface area (Å²) >= 11 is 0. The molecule has 0 aliphatic heterocycles. The number of nitrogens with zero attached hydrogens (tertiary/aromatic N) is 1. The minimum Gasteiger partial charge on any atom is -0.393 e. The third-order valence-corrected chi connectivity index (χ3v) is 4.55. The number of amides is 1. The zero-order valence-corrected chi connectivity index (χ0v) is 14.0. The van der Waals surface area contributed by atoms with Crippen molar-refractivity contribution in [2.45, 2.75) is 45.3 Å². The molecule has 2 N–H and O–H groups in total. The fraction of sp³-hybridized carbons (Fsp3) is 0.611. The van der Waals surface area contributed by atoms with Gasteiger partial charge in [-0.3, -0.25) is 9.69 Å². The Morgan fingerprint density at radius 1 is 1.39 bits per heavy atom. The van der Waals surface area contributed by atoms with Crippen molar-refractivity contribution < 1.29 is 14.3 Å². The Morgan fingerprint density at radius 2 is 2.13 bits per heavy atom. The van der Waals surface area contributed by atoms with Crippen molar-refractivity contribution in [2.24, 2.45) is 5.92 Å². The molecule has 1 aromatic carbocycles. The Labute approximate surface area is 137 Å². The summed E-state index contributed by atoms with van der Waals surface area (Å²) in [6.07, 6.45) is 3.89. The Balaban J connectivity index is 1.74. The fourth-order valence-electron chi connectivity index (χ4n) is 3.11. The van der Waals surface area contributed by atoms with Crippen LogP contribution in [0.4, 0.5) is 4.39 Å². The van der Waals surface area contributed by atoms with Gasteiger partial charge in [0.25, 0.3) is 0 Å². The number of aryl methyl sites for hydroxylation is 1. The molecule has 0 heterocycles. The highest BCUT2D eigenvalue weighted by Gasteiger charge is 2.24. The van der Waals surface area contributed by atoms with Gasteiger partial charge in [-0.1, -0.05) is 25.0 Å². The van der Waals surface area contributed by atoms with E-state index in [9.17, 15) is 14.3 Å². The average Bonchev–Trinajstić information content (AvgIpc) is 2.51. The lowest BCUT2D eigenvalue weighted by Gasteiger charge is -2.30. The van der Waals surface area contributed by atoms with Gasteiger partial charge in [0.05, 0.1) is 12.6 Å². The standard InChI is InChI=1S/C18H27FN2O2/c1-13-7-8-14(9-16(13)19)10-20-18(23)12-21(2)11-15-5-3-4-6-17(15)22/h7-9,15,17,22H,3-6,10-12H2,1-2H3,(H,20,23). The van der Waals surface area contributed by atoms with Crippen LogP contribution in [0.5, 0.6) is 0 Å². The van der Waals surface area contributed by atoms with Gasteiger partial charge >= 0.3 is 0 Å². The van der Waals surface area contributed by atoms with Gasteiger partial charge in [0.1, 0.15) is 5.82 Å². The molecular weight excluding hydrogens is 295 g/mol. The smallest absolute Gasteiger partial charge is 0.234 e. The average molecular weight is 322 g/mol. The third-order valence-electron chi connectivity index (χ3n) is 4.55. The first kappa shape index (κ1) is 17.9. The van der Waals surface area contributed by atoms with Crippen molar-refractivity contribution in [3.05, 3.63) is 35.1 Å². The molecular formula is C18H27FN2O2. The molecule has 1 amide bonds. The largest absolute Gasteiger partial charge is 0.393 e. The van der Waals surface area contributed by atoms with E-state index in [-0.39, 0.29) is 30.3 Å². The molecule has 5 heteroatoms. The molecule has 0 saturated heterocycles. The summed E-state index contributed by atoms with van der Waals surface area (Å²) in [6.45, 7) is 3.06. The number of likely N-dealkylation sites (N-methyl/N-ethyl adjacent to an activating group) is 1. The van der Waals surface area contributed by atoms with Crippen molar-refractivity contribution in [2.75, 3.05) is 20.1 Å². The number of carbonyl (C=O) groups is 1. The topological polar surface area (TPSA) is 52.6 Å². The van der Waals surface area contributed by atoms with Gasteiger partial charge in [-0.15, -0.1) is 0 Å². The van der Waals surface area contributed by atoms with Crippen LogP contribution >= 0.6 is 0 Å². The van der Waals surface area contributed by atoms with Gasteiger partial charge in [-0.25, -0.2) is 4.39 Å². The number of halogens is 1. The van der Waals surface area contributed by atoms with Crippen molar-refractivity contribution in [3.63, 3.8) is 0 Å². The molecule has 1 aliphatic rings. The first-order chi connectivity index (χ1) is 11.0. The predicted octanol–water partition coefficient (Wildman–Crippen LogP) is 2.23. The number of aliphatic hydroxyl groups excluding tert-OH is 1. The van der Waals surface area contributed by atoms with E-state index in [1.165, 1.54) is 6.07 Å². The zero-order chi connectivity index (χ0) is 16.8. The number of hydrogen-bond acceptors (Lipinski definition) is 3. The van der Waals surface area contributed by atoms with Gasteiger partial charge in [-0.05, 0) is 49.9 Å². The highest BCUT2D eigenvalue weighted by molar-refractivity contribution is 5.77. The summed E-state index contributed by atoms with van der Waals surface area (Å²) in [6, 6.07) is 4.99. The van der Waals surface area contributed by atoms with Crippen LogP contribution in [0, 0.1) is 18.7 Å².